The molecule has 0 aliphatic heterocycles. The molecular weight excluding hydrogens is 1260 g/mol. The number of hydrogen-bond acceptors (Lipinski definition) is 12. The lowest BCUT2D eigenvalue weighted by Crippen LogP contribution is -2.48. The molecule has 0 fully saturated rings. The van der Waals surface area contributed by atoms with Gasteiger partial charge in [-0.1, -0.05) is 361 Å². The van der Waals surface area contributed by atoms with Gasteiger partial charge in [0, 0.05) is 65.7 Å². The van der Waals surface area contributed by atoms with Crippen LogP contribution in [0.2, 0.25) is 0 Å². The summed E-state index contributed by atoms with van der Waals surface area (Å²) in [5.41, 5.74) is 0. The molecule has 0 bridgehead atoms. The predicted molar refractivity (Wildman–Crippen MR) is 410 cm³/mol. The van der Waals surface area contributed by atoms with Crippen LogP contribution in [-0.4, -0.2) is 186 Å². The number of aliphatic carboxylic acids is 3. The average molecular weight is 1420 g/mol. The first kappa shape index (κ1) is 96.0. The van der Waals surface area contributed by atoms with E-state index in [1.807, 2.05) is 11.9 Å². The minimum absolute atomic E-state index is 0.00815. The Balaban J connectivity index is 4.84. The first-order valence-electron chi connectivity index (χ1n) is 41.9. The van der Waals surface area contributed by atoms with Crippen molar-refractivity contribution in [3.63, 3.8) is 0 Å². The highest BCUT2D eigenvalue weighted by atomic mass is 16.6. The number of nitrogens with zero attached hydrogens (tertiary/aromatic N) is 5. The molecule has 588 valence electrons. The maximum atomic E-state index is 13.6. The van der Waals surface area contributed by atoms with Crippen molar-refractivity contribution < 1.29 is 63.5 Å². The summed E-state index contributed by atoms with van der Waals surface area (Å²) in [5.74, 6) is -4.88. The average Bonchev–Trinajstić information content (AvgIpc) is 0.949. The summed E-state index contributed by atoms with van der Waals surface area (Å²) in [4.78, 5) is 92.9. The molecule has 0 radical (unpaired) electrons. The van der Waals surface area contributed by atoms with Crippen LogP contribution in [0, 0.1) is 0 Å². The molecule has 1 atom stereocenters. The van der Waals surface area contributed by atoms with E-state index in [4.69, 9.17) is 9.47 Å². The van der Waals surface area contributed by atoms with Crippen LogP contribution in [0.4, 0.5) is 4.79 Å². The van der Waals surface area contributed by atoms with Crippen LogP contribution in [-0.2, 0) is 38.2 Å². The number of carboxylic acids is 3. The quantitative estimate of drug-likeness (QED) is 0.0327. The fourth-order valence-corrected chi connectivity index (χ4v) is 13.5. The summed E-state index contributed by atoms with van der Waals surface area (Å²) in [6.07, 6.45) is 72.6. The highest BCUT2D eigenvalue weighted by Gasteiger charge is 2.24. The van der Waals surface area contributed by atoms with Gasteiger partial charge in [-0.3, -0.25) is 43.5 Å². The number of carbonyl (C=O) groups excluding carboxylic acids is 3. The second-order valence-corrected chi connectivity index (χ2v) is 29.8. The zero-order valence-corrected chi connectivity index (χ0v) is 65.3. The Labute approximate surface area is 612 Å². The highest BCUT2D eigenvalue weighted by molar-refractivity contribution is 5.78. The van der Waals surface area contributed by atoms with Gasteiger partial charge in [-0.2, -0.15) is 0 Å². The lowest BCUT2D eigenvalue weighted by molar-refractivity contribution is -0.160. The number of unbranched alkanes of at least 4 members (excludes halogenated alkanes) is 54. The molecule has 0 saturated carbocycles. The molecule has 0 aromatic rings. The van der Waals surface area contributed by atoms with Gasteiger partial charge in [0.2, 0.25) is 5.91 Å². The molecule has 1 unspecified atom stereocenters. The maximum Gasteiger partial charge on any atom is 0.407 e. The number of amides is 2. The van der Waals surface area contributed by atoms with Crippen molar-refractivity contribution in [3.05, 3.63) is 0 Å². The van der Waals surface area contributed by atoms with Gasteiger partial charge in [0.05, 0.1) is 19.6 Å². The van der Waals surface area contributed by atoms with Gasteiger partial charge in [0.15, 0.2) is 0 Å². The molecule has 0 spiro atoms. The van der Waals surface area contributed by atoms with Crippen molar-refractivity contribution >= 4 is 41.8 Å². The van der Waals surface area contributed by atoms with E-state index in [2.05, 4.69) is 13.8 Å². The lowest BCUT2D eigenvalue weighted by Gasteiger charge is -2.30. The number of carbonyl (C=O) groups is 7. The molecule has 100 heavy (non-hydrogen) atoms. The van der Waals surface area contributed by atoms with Crippen molar-refractivity contribution in [2.24, 2.45) is 0 Å². The molecule has 0 rings (SSSR count). The summed E-state index contributed by atoms with van der Waals surface area (Å²) < 4.78 is 11.7. The Morgan fingerprint density at radius 2 is 0.570 bits per heavy atom. The van der Waals surface area contributed by atoms with Crippen molar-refractivity contribution in [2.45, 2.75) is 392 Å². The van der Waals surface area contributed by atoms with Crippen LogP contribution >= 0.6 is 0 Å². The van der Waals surface area contributed by atoms with E-state index < -0.39 is 49.7 Å². The van der Waals surface area contributed by atoms with Crippen LogP contribution < -0.4 is 0 Å². The molecule has 0 aromatic heterocycles. The molecular formula is C82H157N5O13. The van der Waals surface area contributed by atoms with Crippen molar-refractivity contribution in [1.29, 1.82) is 0 Å². The van der Waals surface area contributed by atoms with E-state index in [-0.39, 0.29) is 76.7 Å². The number of hydrogen-bond donors (Lipinski definition) is 4. The van der Waals surface area contributed by atoms with E-state index in [0.717, 1.165) is 44.9 Å². The summed E-state index contributed by atoms with van der Waals surface area (Å²) in [6, 6.07) is 0. The molecule has 0 aromatic carbocycles. The Kier molecular flexibility index (Phi) is 70.3. The van der Waals surface area contributed by atoms with Crippen molar-refractivity contribution in [1.82, 2.24) is 24.5 Å². The monoisotopic (exact) mass is 1420 g/mol. The lowest BCUT2D eigenvalue weighted by atomic mass is 10.0. The third kappa shape index (κ3) is 69.7. The standard InChI is InChI=1S/C82H157N5O13/c1-5-7-9-11-13-15-17-19-21-23-25-27-29-31-33-35-37-39-41-43-45-47-49-51-53-55-57-59-61-80(95)99-74-75(69-83(3)63-64-84(4)76(88)70-85(67-68-87(82(97)98)73-79(93)94)65-66-86(71-77(89)90)72-78(91)92)100-81(96)62-60-58-56-54-52-50-48-46-44-42-40-38-36-34-32-30-28-26-24-22-20-18-16-14-12-10-8-6-2/h75H,5-74H2,1-4H3,(H,89,90)(H,91,92)(H,93,94)(H,97,98). The SMILES string of the molecule is CCCCCCCCCCCCCCCCCCCCCCCCCCCCCCC(=O)OCC(CN(C)CCN(C)C(=O)CN(CCN(CC(=O)O)CC(=O)O)CCN(CC(=O)O)C(=O)O)OC(=O)CCCCCCCCCCCCCCCCCCCCCCCCCCCCCC. The number of carboxylic acid groups (broad SMARTS) is 4. The third-order valence-corrected chi connectivity index (χ3v) is 20.0. The normalized spacial score (nSPS) is 11.9. The van der Waals surface area contributed by atoms with Crippen molar-refractivity contribution in [2.75, 3.05) is 92.7 Å². The summed E-state index contributed by atoms with van der Waals surface area (Å²) in [6.45, 7) is 2.68. The van der Waals surface area contributed by atoms with Crippen LogP contribution in [0.3, 0.4) is 0 Å². The predicted octanol–water partition coefficient (Wildman–Crippen LogP) is 20.3. The largest absolute Gasteiger partial charge is 0.480 e. The van der Waals surface area contributed by atoms with Gasteiger partial charge in [-0.25, -0.2) is 4.79 Å². The fraction of sp³-hybridized carbons (Fsp3) is 0.915. The number of ether oxygens (including phenoxy) is 2. The summed E-state index contributed by atoms with van der Waals surface area (Å²) in [7, 11) is 3.42. The van der Waals surface area contributed by atoms with Crippen LogP contribution in [0.5, 0.6) is 0 Å². The van der Waals surface area contributed by atoms with E-state index >= 15 is 0 Å². The molecule has 0 saturated heterocycles. The van der Waals surface area contributed by atoms with Gasteiger partial charge < -0.3 is 39.7 Å². The van der Waals surface area contributed by atoms with Crippen LogP contribution in [0.25, 0.3) is 0 Å². The minimum atomic E-state index is -1.47. The minimum Gasteiger partial charge on any atom is -0.480 e. The zero-order chi connectivity index (χ0) is 73.4. The topological polar surface area (TPSA) is 235 Å². The number of likely N-dealkylation sites (N-methyl/N-ethyl adjacent to an activating group) is 2. The molecule has 2 amide bonds. The molecule has 0 aliphatic rings. The fourth-order valence-electron chi connectivity index (χ4n) is 13.5. The zero-order valence-electron chi connectivity index (χ0n) is 65.3. The first-order chi connectivity index (χ1) is 48.6. The molecule has 0 heterocycles. The van der Waals surface area contributed by atoms with E-state index in [9.17, 15) is 54.0 Å². The van der Waals surface area contributed by atoms with Crippen LogP contribution in [0.1, 0.15) is 386 Å². The van der Waals surface area contributed by atoms with E-state index in [1.165, 1.54) is 329 Å². The summed E-state index contributed by atoms with van der Waals surface area (Å²) in [5, 5.41) is 37.6. The van der Waals surface area contributed by atoms with Gasteiger partial charge in [0.25, 0.3) is 0 Å². The maximum absolute atomic E-state index is 13.6. The molecule has 18 nitrogen and oxygen atoms in total. The Hall–Kier alpha value is -4.03. The van der Waals surface area contributed by atoms with E-state index in [1.54, 1.807) is 7.05 Å². The Morgan fingerprint density at radius 1 is 0.300 bits per heavy atom. The molecule has 0 aliphatic carbocycles. The van der Waals surface area contributed by atoms with Gasteiger partial charge >= 0.3 is 35.9 Å². The number of rotatable bonds is 80. The number of esters is 2. The smallest absolute Gasteiger partial charge is 0.407 e. The van der Waals surface area contributed by atoms with Crippen molar-refractivity contribution in [3.8, 4) is 0 Å². The first-order valence-corrected chi connectivity index (χ1v) is 41.9. The Bertz CT molecular complexity index is 1900. The van der Waals surface area contributed by atoms with Gasteiger partial charge in [0.1, 0.15) is 19.3 Å². The van der Waals surface area contributed by atoms with Crippen LogP contribution in [0.15, 0.2) is 0 Å². The highest BCUT2D eigenvalue weighted by Crippen LogP contribution is 2.20. The van der Waals surface area contributed by atoms with E-state index in [0.29, 0.717) is 17.9 Å². The van der Waals surface area contributed by atoms with Gasteiger partial charge in [-0.15, -0.1) is 0 Å². The molecule has 18 heteroatoms. The Morgan fingerprint density at radius 3 is 0.860 bits per heavy atom. The third-order valence-electron chi connectivity index (χ3n) is 20.0. The second kappa shape index (κ2) is 73.3. The molecule has 4 N–H and O–H groups in total. The van der Waals surface area contributed by atoms with Gasteiger partial charge in [-0.05, 0) is 19.9 Å². The summed E-state index contributed by atoms with van der Waals surface area (Å²) >= 11 is 0. The second-order valence-electron chi connectivity index (χ2n) is 29.8.